The molecule has 9 heavy (non-hydrogen) atoms. The number of hydrogen-bond donors (Lipinski definition) is 0. The Morgan fingerprint density at radius 2 is 1.56 bits per heavy atom. The topological polar surface area (TPSA) is 0 Å². The van der Waals surface area contributed by atoms with Gasteiger partial charge in [0.1, 0.15) is 0 Å². The Labute approximate surface area is 57.6 Å². The molecule has 0 bridgehead atoms. The highest BCUT2D eigenvalue weighted by molar-refractivity contribution is 4.91. The van der Waals surface area contributed by atoms with Crippen LogP contribution in [-0.2, 0) is 0 Å². The molecule has 51 valence electrons. The first-order valence-corrected chi connectivity index (χ1v) is 4.21. The van der Waals surface area contributed by atoms with Crippen molar-refractivity contribution in [2.45, 2.75) is 32.1 Å². The molecule has 0 spiro atoms. The highest BCUT2D eigenvalue weighted by atomic mass is 14.4. The van der Waals surface area contributed by atoms with Crippen molar-refractivity contribution in [3.8, 4) is 0 Å². The third-order valence-corrected chi connectivity index (χ3v) is 2.79. The molecule has 2 fully saturated rings. The van der Waals surface area contributed by atoms with E-state index in [1.54, 1.807) is 0 Å². The Kier molecular flexibility index (Phi) is 1.28. The van der Waals surface area contributed by atoms with E-state index in [9.17, 15) is 0 Å². The van der Waals surface area contributed by atoms with Crippen molar-refractivity contribution in [2.75, 3.05) is 0 Å². The third-order valence-electron chi connectivity index (χ3n) is 2.79. The van der Waals surface area contributed by atoms with E-state index in [0.717, 1.165) is 17.8 Å². The Balaban J connectivity index is 1.85. The van der Waals surface area contributed by atoms with Crippen LogP contribution in [0.2, 0.25) is 0 Å². The first-order valence-electron chi connectivity index (χ1n) is 4.21. The molecule has 2 aliphatic carbocycles. The fraction of sp³-hybridized carbons (Fsp3) is 0.889. The molecule has 2 aliphatic rings. The standard InChI is InChI=1S/C9H15/c1-2-9(7-3-4-7)8-5-6-8/h7-9H,1-6H2. The molecule has 0 aromatic carbocycles. The van der Waals surface area contributed by atoms with Crippen molar-refractivity contribution in [2.24, 2.45) is 17.8 Å². The van der Waals surface area contributed by atoms with Gasteiger partial charge in [-0.3, -0.25) is 0 Å². The van der Waals surface area contributed by atoms with Gasteiger partial charge in [0.2, 0.25) is 0 Å². The van der Waals surface area contributed by atoms with Gasteiger partial charge in [-0.25, -0.2) is 0 Å². The number of rotatable bonds is 3. The molecule has 0 unspecified atom stereocenters. The quantitative estimate of drug-likeness (QED) is 0.541. The van der Waals surface area contributed by atoms with Crippen LogP contribution >= 0.6 is 0 Å². The molecule has 0 heterocycles. The van der Waals surface area contributed by atoms with E-state index in [2.05, 4.69) is 6.92 Å². The summed E-state index contributed by atoms with van der Waals surface area (Å²) in [5, 5.41) is 0. The van der Waals surface area contributed by atoms with Crippen LogP contribution in [0.1, 0.15) is 32.1 Å². The lowest BCUT2D eigenvalue weighted by Gasteiger charge is -2.10. The summed E-state index contributed by atoms with van der Waals surface area (Å²) in [5.74, 6) is 3.25. The van der Waals surface area contributed by atoms with Gasteiger partial charge in [-0.05, 0) is 49.9 Å². The predicted octanol–water partition coefficient (Wildman–Crippen LogP) is 2.65. The van der Waals surface area contributed by atoms with E-state index in [4.69, 9.17) is 0 Å². The molecule has 2 rings (SSSR count). The minimum Gasteiger partial charge on any atom is -0.0530 e. The number of hydrogen-bond acceptors (Lipinski definition) is 0. The van der Waals surface area contributed by atoms with E-state index in [0.29, 0.717) is 0 Å². The molecule has 0 aromatic heterocycles. The molecule has 0 saturated heterocycles. The van der Waals surface area contributed by atoms with E-state index < -0.39 is 0 Å². The summed E-state index contributed by atoms with van der Waals surface area (Å²) >= 11 is 0. The highest BCUT2D eigenvalue weighted by Gasteiger charge is 2.39. The van der Waals surface area contributed by atoms with Gasteiger partial charge in [0.15, 0.2) is 0 Å². The van der Waals surface area contributed by atoms with Gasteiger partial charge in [-0.2, -0.15) is 0 Å². The van der Waals surface area contributed by atoms with Crippen LogP contribution in [0.15, 0.2) is 0 Å². The highest BCUT2D eigenvalue weighted by Crippen LogP contribution is 2.50. The van der Waals surface area contributed by atoms with Crippen molar-refractivity contribution in [1.82, 2.24) is 0 Å². The summed E-state index contributed by atoms with van der Waals surface area (Å²) in [7, 11) is 0. The fourth-order valence-corrected chi connectivity index (χ4v) is 1.91. The lowest BCUT2D eigenvalue weighted by Crippen LogP contribution is -2.02. The normalized spacial score (nSPS) is 27.3. The zero-order valence-electron chi connectivity index (χ0n) is 5.97. The first-order chi connectivity index (χ1) is 4.42. The zero-order valence-corrected chi connectivity index (χ0v) is 5.97. The van der Waals surface area contributed by atoms with Gasteiger partial charge in [0.25, 0.3) is 0 Å². The van der Waals surface area contributed by atoms with Crippen LogP contribution in [0.4, 0.5) is 0 Å². The summed E-state index contributed by atoms with van der Waals surface area (Å²) < 4.78 is 0. The lowest BCUT2D eigenvalue weighted by atomic mass is 9.95. The van der Waals surface area contributed by atoms with Gasteiger partial charge in [-0.15, -0.1) is 0 Å². The van der Waals surface area contributed by atoms with E-state index in [1.807, 2.05) is 0 Å². The lowest BCUT2D eigenvalue weighted by molar-refractivity contribution is 0.409. The average molecular weight is 123 g/mol. The molecule has 0 nitrogen and oxygen atoms in total. The zero-order chi connectivity index (χ0) is 6.27. The van der Waals surface area contributed by atoms with Crippen molar-refractivity contribution < 1.29 is 0 Å². The van der Waals surface area contributed by atoms with Crippen molar-refractivity contribution >= 4 is 0 Å². The van der Waals surface area contributed by atoms with Gasteiger partial charge in [0.05, 0.1) is 0 Å². The Bertz CT molecular complexity index is 86.6. The van der Waals surface area contributed by atoms with Crippen LogP contribution < -0.4 is 0 Å². The van der Waals surface area contributed by atoms with Gasteiger partial charge >= 0.3 is 0 Å². The minimum absolute atomic E-state index is 1.03. The first kappa shape index (κ1) is 5.76. The van der Waals surface area contributed by atoms with Crippen molar-refractivity contribution in [1.29, 1.82) is 0 Å². The largest absolute Gasteiger partial charge is 0.0530 e. The van der Waals surface area contributed by atoms with Crippen LogP contribution in [-0.4, -0.2) is 0 Å². The molecule has 0 heteroatoms. The Hall–Kier alpha value is 0. The van der Waals surface area contributed by atoms with Crippen LogP contribution in [0.25, 0.3) is 0 Å². The second-order valence-corrected chi connectivity index (χ2v) is 3.63. The SMILES string of the molecule is [CH2]CC(C1CC1)C1CC1. The second-order valence-electron chi connectivity index (χ2n) is 3.63. The van der Waals surface area contributed by atoms with E-state index in [1.165, 1.54) is 32.1 Å². The minimum atomic E-state index is 1.03. The summed E-state index contributed by atoms with van der Waals surface area (Å²) in [6, 6.07) is 0. The van der Waals surface area contributed by atoms with Gasteiger partial charge in [-0.1, -0.05) is 6.92 Å². The molecule has 0 amide bonds. The molecule has 0 atom stereocenters. The molecule has 0 aliphatic heterocycles. The second kappa shape index (κ2) is 2.00. The molecule has 0 aromatic rings. The molecule has 2 saturated carbocycles. The van der Waals surface area contributed by atoms with Gasteiger partial charge < -0.3 is 0 Å². The third kappa shape index (κ3) is 1.12. The van der Waals surface area contributed by atoms with E-state index >= 15 is 0 Å². The molecular weight excluding hydrogens is 108 g/mol. The molecular formula is C9H15. The summed E-state index contributed by atoms with van der Waals surface area (Å²) in [4.78, 5) is 0. The van der Waals surface area contributed by atoms with E-state index in [-0.39, 0.29) is 0 Å². The van der Waals surface area contributed by atoms with Crippen molar-refractivity contribution in [3.05, 3.63) is 6.92 Å². The summed E-state index contributed by atoms with van der Waals surface area (Å²) in [6.45, 7) is 4.01. The van der Waals surface area contributed by atoms with Crippen molar-refractivity contribution in [3.63, 3.8) is 0 Å². The maximum Gasteiger partial charge on any atom is -0.0357 e. The van der Waals surface area contributed by atoms with Crippen LogP contribution in [0.5, 0.6) is 0 Å². The predicted molar refractivity (Wildman–Crippen MR) is 38.9 cm³/mol. The fourth-order valence-electron chi connectivity index (χ4n) is 1.91. The molecule has 1 radical (unpaired) electrons. The Morgan fingerprint density at radius 1 is 1.11 bits per heavy atom. The van der Waals surface area contributed by atoms with Crippen LogP contribution in [0.3, 0.4) is 0 Å². The average Bonchev–Trinajstić information content (AvgIpc) is 2.61. The molecule has 0 N–H and O–H groups in total. The van der Waals surface area contributed by atoms with Gasteiger partial charge in [0, 0.05) is 0 Å². The summed E-state index contributed by atoms with van der Waals surface area (Å²) in [6.07, 6.45) is 7.25. The van der Waals surface area contributed by atoms with Crippen LogP contribution in [0, 0.1) is 24.7 Å². The maximum atomic E-state index is 4.01. The smallest absolute Gasteiger partial charge is 0.0357 e. The Morgan fingerprint density at radius 3 is 1.78 bits per heavy atom. The maximum absolute atomic E-state index is 4.01. The summed E-state index contributed by atoms with van der Waals surface area (Å²) in [5.41, 5.74) is 0. The monoisotopic (exact) mass is 123 g/mol.